The Kier molecular flexibility index (Phi) is 6.30. The normalized spacial score (nSPS) is 12.0. The van der Waals surface area contributed by atoms with Gasteiger partial charge in [-0.15, -0.1) is 0 Å². The Balaban J connectivity index is 1.73. The number of benzene rings is 2. The highest BCUT2D eigenvalue weighted by Crippen LogP contribution is 2.29. The van der Waals surface area contributed by atoms with Gasteiger partial charge >= 0.3 is 6.61 Å². The number of thioether (sulfide) groups is 1. The van der Waals surface area contributed by atoms with Gasteiger partial charge in [0.05, 0.1) is 16.6 Å². The third kappa shape index (κ3) is 4.69. The number of carbonyl (C=O) groups excluding carboxylic acids is 1. The summed E-state index contributed by atoms with van der Waals surface area (Å²) in [6, 6.07) is 14.0. The Labute approximate surface area is 165 Å². The lowest BCUT2D eigenvalue weighted by Gasteiger charge is -2.16. The number of aromatic nitrogens is 2. The number of nitrogens with one attached hydrogen (secondary N) is 1. The van der Waals surface area contributed by atoms with Gasteiger partial charge < -0.3 is 10.1 Å². The van der Waals surface area contributed by atoms with Gasteiger partial charge in [0.25, 0.3) is 0 Å². The first-order chi connectivity index (χ1) is 13.5. The van der Waals surface area contributed by atoms with Crippen molar-refractivity contribution >= 4 is 23.4 Å². The molecule has 5 nitrogen and oxygen atoms in total. The van der Waals surface area contributed by atoms with Crippen LogP contribution >= 0.6 is 11.8 Å². The van der Waals surface area contributed by atoms with E-state index in [2.05, 4.69) is 15.0 Å². The minimum absolute atomic E-state index is 0.0792. The van der Waals surface area contributed by atoms with E-state index in [4.69, 9.17) is 0 Å². The maximum absolute atomic E-state index is 12.6. The van der Waals surface area contributed by atoms with Gasteiger partial charge in [-0.25, -0.2) is 4.98 Å². The second kappa shape index (κ2) is 8.88. The molecule has 0 bridgehead atoms. The molecule has 1 heterocycles. The van der Waals surface area contributed by atoms with Crippen molar-refractivity contribution in [3.63, 3.8) is 0 Å². The van der Waals surface area contributed by atoms with E-state index in [0.717, 1.165) is 11.3 Å². The molecule has 0 spiro atoms. The van der Waals surface area contributed by atoms with E-state index < -0.39 is 11.9 Å². The molecular weight excluding hydrogens is 384 g/mol. The summed E-state index contributed by atoms with van der Waals surface area (Å²) in [6.07, 6.45) is 3.51. The summed E-state index contributed by atoms with van der Waals surface area (Å²) < 4.78 is 31.4. The lowest BCUT2D eigenvalue weighted by Crippen LogP contribution is -2.23. The Morgan fingerprint density at radius 3 is 2.64 bits per heavy atom. The molecule has 1 aromatic heterocycles. The lowest BCUT2D eigenvalue weighted by atomic mass is 10.2. The minimum Gasteiger partial charge on any atom is -0.433 e. The van der Waals surface area contributed by atoms with Crippen LogP contribution in [0.3, 0.4) is 0 Å². The zero-order chi connectivity index (χ0) is 20.1. The van der Waals surface area contributed by atoms with Crippen LogP contribution in [0.25, 0.3) is 5.69 Å². The quantitative estimate of drug-likeness (QED) is 0.570. The summed E-state index contributed by atoms with van der Waals surface area (Å²) in [5.41, 5.74) is 2.26. The second-order valence-electron chi connectivity index (χ2n) is 5.99. The van der Waals surface area contributed by atoms with Crippen LogP contribution in [-0.4, -0.2) is 27.3 Å². The Hall–Kier alpha value is -2.87. The van der Waals surface area contributed by atoms with Gasteiger partial charge in [-0.2, -0.15) is 8.78 Å². The number of imidazole rings is 1. The molecule has 0 saturated heterocycles. The van der Waals surface area contributed by atoms with Gasteiger partial charge in [0, 0.05) is 12.4 Å². The third-order valence-electron chi connectivity index (χ3n) is 3.99. The highest BCUT2D eigenvalue weighted by Gasteiger charge is 2.20. The number of carbonyl (C=O) groups is 1. The zero-order valence-corrected chi connectivity index (χ0v) is 16.1. The number of ether oxygens (including phenoxy) is 1. The van der Waals surface area contributed by atoms with Crippen LogP contribution in [0.1, 0.15) is 12.5 Å². The van der Waals surface area contributed by atoms with Crippen LogP contribution < -0.4 is 10.1 Å². The van der Waals surface area contributed by atoms with Crippen molar-refractivity contribution in [1.82, 2.24) is 9.55 Å². The van der Waals surface area contributed by atoms with Gasteiger partial charge in [0.2, 0.25) is 5.91 Å². The molecule has 0 aliphatic carbocycles. The summed E-state index contributed by atoms with van der Waals surface area (Å²) >= 11 is 1.28. The van der Waals surface area contributed by atoms with Crippen molar-refractivity contribution in [1.29, 1.82) is 0 Å². The predicted molar refractivity (Wildman–Crippen MR) is 105 cm³/mol. The Morgan fingerprint density at radius 2 is 1.89 bits per heavy atom. The van der Waals surface area contributed by atoms with Gasteiger partial charge in [-0.05, 0) is 37.6 Å². The molecule has 1 atom stereocenters. The molecule has 0 radical (unpaired) electrons. The molecule has 2 aromatic carbocycles. The first-order valence-electron chi connectivity index (χ1n) is 8.56. The fourth-order valence-corrected chi connectivity index (χ4v) is 3.49. The molecule has 0 aliphatic heterocycles. The fourth-order valence-electron chi connectivity index (χ4n) is 2.61. The number of hydrogen-bond acceptors (Lipinski definition) is 4. The van der Waals surface area contributed by atoms with E-state index in [1.54, 1.807) is 25.3 Å². The predicted octanol–water partition coefficient (Wildman–Crippen LogP) is 4.90. The first-order valence-corrected chi connectivity index (χ1v) is 9.44. The molecule has 3 aromatic rings. The van der Waals surface area contributed by atoms with Gasteiger partial charge in [0.15, 0.2) is 5.16 Å². The lowest BCUT2D eigenvalue weighted by molar-refractivity contribution is -0.115. The highest BCUT2D eigenvalue weighted by atomic mass is 32.2. The topological polar surface area (TPSA) is 56.2 Å². The SMILES string of the molecule is Cc1ccccc1-n1ccnc1SC(C)C(=O)Nc1ccccc1OC(F)F. The number of nitrogens with zero attached hydrogens (tertiary/aromatic N) is 2. The number of anilines is 1. The highest BCUT2D eigenvalue weighted by molar-refractivity contribution is 8.00. The number of halogens is 2. The molecule has 146 valence electrons. The van der Waals surface area contributed by atoms with E-state index >= 15 is 0 Å². The molecule has 1 N–H and O–H groups in total. The van der Waals surface area contributed by atoms with Crippen molar-refractivity contribution < 1.29 is 18.3 Å². The van der Waals surface area contributed by atoms with Crippen LogP contribution in [0.15, 0.2) is 66.1 Å². The summed E-state index contributed by atoms with van der Waals surface area (Å²) in [6.45, 7) is 0.763. The first kappa shape index (κ1) is 19.9. The van der Waals surface area contributed by atoms with Crippen molar-refractivity contribution in [3.8, 4) is 11.4 Å². The van der Waals surface area contributed by atoms with E-state index in [9.17, 15) is 13.6 Å². The number of para-hydroxylation sites is 3. The van der Waals surface area contributed by atoms with Crippen molar-refractivity contribution in [3.05, 3.63) is 66.5 Å². The average molecular weight is 403 g/mol. The van der Waals surface area contributed by atoms with Crippen molar-refractivity contribution in [2.75, 3.05) is 5.32 Å². The zero-order valence-electron chi connectivity index (χ0n) is 15.3. The smallest absolute Gasteiger partial charge is 0.387 e. The fraction of sp³-hybridized carbons (Fsp3) is 0.200. The average Bonchev–Trinajstić information content (AvgIpc) is 3.11. The number of hydrogen-bond donors (Lipinski definition) is 1. The molecule has 1 unspecified atom stereocenters. The van der Waals surface area contributed by atoms with Gasteiger partial charge in [-0.3, -0.25) is 9.36 Å². The van der Waals surface area contributed by atoms with E-state index in [0.29, 0.717) is 5.16 Å². The van der Waals surface area contributed by atoms with Crippen LogP contribution in [0.5, 0.6) is 5.75 Å². The second-order valence-corrected chi connectivity index (χ2v) is 7.30. The van der Waals surface area contributed by atoms with E-state index in [-0.39, 0.29) is 17.3 Å². The number of aryl methyl sites for hydroxylation is 1. The van der Waals surface area contributed by atoms with E-state index in [1.807, 2.05) is 42.0 Å². The molecule has 28 heavy (non-hydrogen) atoms. The monoisotopic (exact) mass is 403 g/mol. The molecular formula is C20H19F2N3O2S. The van der Waals surface area contributed by atoms with Crippen LogP contribution in [0.2, 0.25) is 0 Å². The van der Waals surface area contributed by atoms with Crippen LogP contribution in [-0.2, 0) is 4.79 Å². The number of alkyl halides is 2. The molecule has 8 heteroatoms. The third-order valence-corrected chi connectivity index (χ3v) is 5.07. The standard InChI is InChI=1S/C20H19F2N3O2S/c1-13-7-3-5-9-16(13)25-12-11-23-20(25)28-14(2)18(26)24-15-8-4-6-10-17(15)27-19(21)22/h3-12,14,19H,1-2H3,(H,24,26). The summed E-state index contributed by atoms with van der Waals surface area (Å²) in [4.78, 5) is 16.9. The Morgan fingerprint density at radius 1 is 1.18 bits per heavy atom. The van der Waals surface area contributed by atoms with Crippen molar-refractivity contribution in [2.24, 2.45) is 0 Å². The maximum Gasteiger partial charge on any atom is 0.387 e. The molecule has 1 amide bonds. The van der Waals surface area contributed by atoms with Gasteiger partial charge in [-0.1, -0.05) is 42.1 Å². The summed E-state index contributed by atoms with van der Waals surface area (Å²) in [7, 11) is 0. The minimum atomic E-state index is -2.97. The van der Waals surface area contributed by atoms with Crippen molar-refractivity contribution in [2.45, 2.75) is 30.9 Å². The molecule has 3 rings (SSSR count). The molecule has 0 aliphatic rings. The maximum atomic E-state index is 12.6. The number of amides is 1. The number of rotatable bonds is 7. The van der Waals surface area contributed by atoms with Crippen LogP contribution in [0.4, 0.5) is 14.5 Å². The van der Waals surface area contributed by atoms with Gasteiger partial charge in [0.1, 0.15) is 5.75 Å². The molecule has 0 fully saturated rings. The molecule has 0 saturated carbocycles. The Bertz CT molecular complexity index is 962. The summed E-state index contributed by atoms with van der Waals surface area (Å²) in [5.74, 6) is -0.417. The van der Waals surface area contributed by atoms with Crippen LogP contribution in [0, 0.1) is 6.92 Å². The largest absolute Gasteiger partial charge is 0.433 e. The van der Waals surface area contributed by atoms with E-state index in [1.165, 1.54) is 23.9 Å². The summed E-state index contributed by atoms with van der Waals surface area (Å²) in [5, 5.41) is 2.80.